The predicted molar refractivity (Wildman–Crippen MR) is 153 cm³/mol. The number of methoxy groups -OCH3 is 1. The molecule has 3 atom stereocenters. The van der Waals surface area contributed by atoms with Gasteiger partial charge in [-0.3, -0.25) is 0 Å². The normalized spacial score (nSPS) is 27.5. The van der Waals surface area contributed by atoms with E-state index in [4.69, 9.17) is 34.6 Å². The van der Waals surface area contributed by atoms with E-state index >= 15 is 0 Å². The summed E-state index contributed by atoms with van der Waals surface area (Å²) in [6.07, 6.45) is 9.97. The molecule has 222 valence electrons. The van der Waals surface area contributed by atoms with Crippen LogP contribution in [0.1, 0.15) is 44.2 Å². The molecule has 4 aliphatic heterocycles. The lowest BCUT2D eigenvalue weighted by atomic mass is 9.64. The van der Waals surface area contributed by atoms with Crippen molar-refractivity contribution in [2.24, 2.45) is 17.1 Å². The van der Waals surface area contributed by atoms with Crippen LogP contribution >= 0.6 is 11.8 Å². The van der Waals surface area contributed by atoms with Gasteiger partial charge in [-0.15, -0.1) is 0 Å². The number of aromatic nitrogens is 3. The van der Waals surface area contributed by atoms with Crippen molar-refractivity contribution in [3.8, 4) is 5.75 Å². The molecule has 3 saturated heterocycles. The largest absolute Gasteiger partial charge is 0.486 e. The molecule has 3 N–H and O–H groups in total. The lowest BCUT2D eigenvalue weighted by Gasteiger charge is -2.47. The lowest BCUT2D eigenvalue weighted by molar-refractivity contribution is -0.0646. The summed E-state index contributed by atoms with van der Waals surface area (Å²) < 4.78 is 23.2. The quantitative estimate of drug-likeness (QED) is 0.350. The molecule has 2 aromatic rings. The summed E-state index contributed by atoms with van der Waals surface area (Å²) >= 11 is 1.49. The molecule has 5 aliphatic rings. The molecule has 0 radical (unpaired) electrons. The zero-order valence-corrected chi connectivity index (χ0v) is 24.5. The Hall–Kier alpha value is -2.22. The second-order valence-electron chi connectivity index (χ2n) is 12.2. The fraction of sp³-hybridized carbons (Fsp3) is 0.690. The summed E-state index contributed by atoms with van der Waals surface area (Å²) in [6.45, 7) is 4.73. The molecule has 7 rings (SSSR count). The zero-order chi connectivity index (χ0) is 28.0. The SMILES string of the molecule is COCOC[C@H]1C[C@H]2COc3c(Sc4cnc(N5CCC6(CC5)COC5(CCC5)[C@H]6N)c(CO)n4)ccnc3N2C1. The zero-order valence-electron chi connectivity index (χ0n) is 23.7. The average Bonchev–Trinajstić information content (AvgIpc) is 3.53. The first-order valence-corrected chi connectivity index (χ1v) is 15.6. The van der Waals surface area contributed by atoms with Gasteiger partial charge in [0.05, 0.1) is 42.6 Å². The van der Waals surface area contributed by atoms with Gasteiger partial charge >= 0.3 is 0 Å². The number of hydrogen-bond acceptors (Lipinski definition) is 12. The van der Waals surface area contributed by atoms with Crippen molar-refractivity contribution >= 4 is 23.4 Å². The highest BCUT2D eigenvalue weighted by Crippen LogP contribution is 2.53. The Labute approximate surface area is 245 Å². The van der Waals surface area contributed by atoms with Gasteiger partial charge in [-0.05, 0) is 44.6 Å². The smallest absolute Gasteiger partial charge is 0.175 e. The van der Waals surface area contributed by atoms with Gasteiger partial charge in [0.1, 0.15) is 24.1 Å². The minimum Gasteiger partial charge on any atom is -0.486 e. The van der Waals surface area contributed by atoms with E-state index in [1.165, 1.54) is 18.2 Å². The molecule has 0 unspecified atom stereocenters. The second kappa shape index (κ2) is 11.1. The van der Waals surface area contributed by atoms with Gasteiger partial charge in [0.15, 0.2) is 17.4 Å². The van der Waals surface area contributed by atoms with Crippen LogP contribution in [-0.4, -0.2) is 91.1 Å². The second-order valence-corrected chi connectivity index (χ2v) is 13.3. The van der Waals surface area contributed by atoms with Crippen LogP contribution in [0.3, 0.4) is 0 Å². The van der Waals surface area contributed by atoms with Crippen molar-refractivity contribution in [2.45, 2.75) is 72.7 Å². The highest BCUT2D eigenvalue weighted by atomic mass is 32.2. The standard InChI is InChI=1S/C29H40N6O5S/c1-37-18-38-15-19-11-20-16-39-24-22(3-8-31-26(24)35(20)13-19)41-23-12-32-25(21(14-36)33-23)34-9-6-28(7-10-34)17-40-29(27(28)30)4-2-5-29/h3,8,12,19-20,27,36H,2,4-7,9-11,13-18,30H2,1H3/t19-,20-,27-/m0/s1. The molecular weight excluding hydrogens is 544 g/mol. The van der Waals surface area contributed by atoms with Gasteiger partial charge in [0, 0.05) is 50.3 Å². The topological polar surface area (TPSA) is 128 Å². The van der Waals surface area contributed by atoms with Crippen LogP contribution in [0.2, 0.25) is 0 Å². The molecule has 41 heavy (non-hydrogen) atoms. The molecule has 0 aromatic carbocycles. The third-order valence-electron chi connectivity index (χ3n) is 9.89. The van der Waals surface area contributed by atoms with E-state index in [9.17, 15) is 5.11 Å². The number of aliphatic hydroxyl groups is 1. The van der Waals surface area contributed by atoms with Gasteiger partial charge in [-0.1, -0.05) is 11.8 Å². The van der Waals surface area contributed by atoms with Crippen molar-refractivity contribution in [3.63, 3.8) is 0 Å². The number of fused-ring (bicyclic) bond motifs is 3. The number of anilines is 2. The Morgan fingerprint density at radius 1 is 1.20 bits per heavy atom. The van der Waals surface area contributed by atoms with Gasteiger partial charge in [-0.2, -0.15) is 0 Å². The number of ether oxygens (including phenoxy) is 4. The summed E-state index contributed by atoms with van der Waals surface area (Å²) in [7, 11) is 1.64. The molecule has 2 aromatic heterocycles. The number of aliphatic hydroxyl groups excluding tert-OH is 1. The Balaban J connectivity index is 1.03. The average molecular weight is 585 g/mol. The molecule has 0 amide bonds. The predicted octanol–water partition coefficient (Wildman–Crippen LogP) is 2.59. The van der Waals surface area contributed by atoms with E-state index in [1.54, 1.807) is 13.3 Å². The van der Waals surface area contributed by atoms with E-state index < -0.39 is 0 Å². The maximum Gasteiger partial charge on any atom is 0.175 e. The molecule has 11 nitrogen and oxygen atoms in total. The van der Waals surface area contributed by atoms with Crippen molar-refractivity contribution in [1.82, 2.24) is 15.0 Å². The molecule has 2 spiro atoms. The fourth-order valence-electron chi connectivity index (χ4n) is 7.43. The number of hydrogen-bond donors (Lipinski definition) is 2. The molecule has 4 fully saturated rings. The van der Waals surface area contributed by atoms with Crippen molar-refractivity contribution in [2.75, 3.05) is 63.2 Å². The Bertz CT molecular complexity index is 1260. The first-order chi connectivity index (χ1) is 20.0. The van der Waals surface area contributed by atoms with E-state index in [-0.39, 0.29) is 23.7 Å². The number of rotatable bonds is 8. The van der Waals surface area contributed by atoms with Crippen molar-refractivity contribution in [1.29, 1.82) is 0 Å². The van der Waals surface area contributed by atoms with Gasteiger partial charge < -0.3 is 39.6 Å². The van der Waals surface area contributed by atoms with Crippen LogP contribution in [0.5, 0.6) is 5.75 Å². The van der Waals surface area contributed by atoms with Crippen LogP contribution in [0.4, 0.5) is 11.6 Å². The van der Waals surface area contributed by atoms with E-state index in [2.05, 4.69) is 14.8 Å². The minimum absolute atomic E-state index is 0.0469. The molecule has 12 heteroatoms. The summed E-state index contributed by atoms with van der Waals surface area (Å²) in [5, 5.41) is 11.0. The number of pyridine rings is 1. The van der Waals surface area contributed by atoms with E-state index in [1.807, 2.05) is 12.3 Å². The van der Waals surface area contributed by atoms with E-state index in [0.717, 1.165) is 85.7 Å². The Morgan fingerprint density at radius 3 is 2.78 bits per heavy atom. The van der Waals surface area contributed by atoms with Crippen molar-refractivity contribution in [3.05, 3.63) is 24.2 Å². The highest BCUT2D eigenvalue weighted by molar-refractivity contribution is 7.99. The third kappa shape index (κ3) is 4.86. The molecule has 1 saturated carbocycles. The van der Waals surface area contributed by atoms with Gasteiger partial charge in [0.25, 0.3) is 0 Å². The van der Waals surface area contributed by atoms with Gasteiger partial charge in [-0.25, -0.2) is 15.0 Å². The Morgan fingerprint density at radius 2 is 2.05 bits per heavy atom. The maximum absolute atomic E-state index is 10.3. The summed E-state index contributed by atoms with van der Waals surface area (Å²) in [6, 6.07) is 2.35. The number of piperidine rings is 1. The van der Waals surface area contributed by atoms with Crippen LogP contribution in [0.15, 0.2) is 28.4 Å². The number of nitrogens with two attached hydrogens (primary N) is 1. The van der Waals surface area contributed by atoms with Crippen LogP contribution < -0.4 is 20.3 Å². The van der Waals surface area contributed by atoms with Crippen molar-refractivity contribution < 1.29 is 24.1 Å². The van der Waals surface area contributed by atoms with Crippen LogP contribution in [0.25, 0.3) is 0 Å². The Kier molecular flexibility index (Phi) is 7.49. The number of nitrogens with zero attached hydrogens (tertiary/aromatic N) is 5. The van der Waals surface area contributed by atoms with Crippen LogP contribution in [0, 0.1) is 11.3 Å². The summed E-state index contributed by atoms with van der Waals surface area (Å²) in [5.74, 6) is 2.82. The lowest BCUT2D eigenvalue weighted by Crippen LogP contribution is -2.58. The molecule has 0 bridgehead atoms. The third-order valence-corrected chi connectivity index (χ3v) is 10.8. The summed E-state index contributed by atoms with van der Waals surface area (Å²) in [4.78, 5) is 19.8. The van der Waals surface area contributed by atoms with Crippen LogP contribution in [-0.2, 0) is 20.8 Å². The maximum atomic E-state index is 10.3. The minimum atomic E-state index is -0.170. The van der Waals surface area contributed by atoms with Gasteiger partial charge in [0.2, 0.25) is 0 Å². The fourth-order valence-corrected chi connectivity index (χ4v) is 8.29. The summed E-state index contributed by atoms with van der Waals surface area (Å²) in [5.41, 5.74) is 7.34. The molecular formula is C29H40N6O5S. The van der Waals surface area contributed by atoms with E-state index in [0.29, 0.717) is 37.7 Å². The highest BCUT2D eigenvalue weighted by Gasteiger charge is 2.59. The first-order valence-electron chi connectivity index (χ1n) is 14.8. The molecule has 6 heterocycles. The monoisotopic (exact) mass is 584 g/mol. The first kappa shape index (κ1) is 27.6. The molecule has 1 aliphatic carbocycles.